The third-order valence-corrected chi connectivity index (χ3v) is 2.26. The van der Waals surface area contributed by atoms with Crippen LogP contribution in [0.25, 0.3) is 10.9 Å². The molecule has 0 aliphatic carbocycles. The van der Waals surface area contributed by atoms with E-state index in [1.807, 2.05) is 0 Å². The average Bonchev–Trinajstić information content (AvgIpc) is 2.34. The summed E-state index contributed by atoms with van der Waals surface area (Å²) in [5.74, 6) is 0.762. The molecule has 86 valence electrons. The van der Waals surface area contributed by atoms with Crippen molar-refractivity contribution in [2.45, 2.75) is 0 Å². The number of pyridine rings is 1. The number of nitrogens with two attached hydrogens (primary N) is 1. The van der Waals surface area contributed by atoms with Gasteiger partial charge in [-0.15, -0.1) is 0 Å². The van der Waals surface area contributed by atoms with E-state index < -0.39 is 23.0 Å². The molecule has 0 atom stereocenters. The van der Waals surface area contributed by atoms with E-state index in [1.54, 1.807) is 6.07 Å². The van der Waals surface area contributed by atoms with Crippen LogP contribution in [0.2, 0.25) is 0 Å². The Morgan fingerprint density at radius 1 is 1.29 bits per heavy atom. The van der Waals surface area contributed by atoms with Gasteiger partial charge in [0, 0.05) is 11.6 Å². The first kappa shape index (κ1) is 11.2. The molecule has 0 aliphatic rings. The number of hydrogen-bond acceptors (Lipinski definition) is 4. The van der Waals surface area contributed by atoms with E-state index >= 15 is 0 Å². The highest BCUT2D eigenvalue weighted by Crippen LogP contribution is 2.29. The molecule has 0 aliphatic heterocycles. The Bertz CT molecular complexity index is 648. The van der Waals surface area contributed by atoms with Crippen molar-refractivity contribution >= 4 is 16.6 Å². The monoisotopic (exact) mass is 238 g/mol. The van der Waals surface area contributed by atoms with Crippen LogP contribution in [0.15, 0.2) is 12.3 Å². The van der Waals surface area contributed by atoms with Gasteiger partial charge in [-0.1, -0.05) is 0 Å². The summed E-state index contributed by atoms with van der Waals surface area (Å²) in [6, 6.07) is 2.48. The van der Waals surface area contributed by atoms with Crippen molar-refractivity contribution in [3.63, 3.8) is 0 Å². The van der Waals surface area contributed by atoms with E-state index in [-0.39, 0.29) is 16.6 Å². The first-order valence-electron chi connectivity index (χ1n) is 4.43. The third-order valence-electron chi connectivity index (χ3n) is 2.26. The summed E-state index contributed by atoms with van der Waals surface area (Å²) in [6.45, 7) is 0. The fourth-order valence-electron chi connectivity index (χ4n) is 1.48. The lowest BCUT2D eigenvalue weighted by Crippen LogP contribution is -2.10. The van der Waals surface area contributed by atoms with E-state index in [1.165, 1.54) is 0 Å². The molecule has 3 N–H and O–H groups in total. The highest BCUT2D eigenvalue weighted by Gasteiger charge is 2.18. The van der Waals surface area contributed by atoms with Gasteiger partial charge in [-0.05, 0) is 6.07 Å². The van der Waals surface area contributed by atoms with Crippen LogP contribution in [0.5, 0.6) is 0 Å². The van der Waals surface area contributed by atoms with Gasteiger partial charge in [0.2, 0.25) is 0 Å². The topological polar surface area (TPSA) is 74.7 Å². The van der Waals surface area contributed by atoms with Gasteiger partial charge in [0.1, 0.15) is 11.6 Å². The highest BCUT2D eigenvalue weighted by atomic mass is 19.2. The molecule has 7 heteroatoms. The molecule has 0 saturated carbocycles. The fourth-order valence-corrected chi connectivity index (χ4v) is 1.48. The summed E-state index contributed by atoms with van der Waals surface area (Å²) in [5, 5.41) is 8.66. The second-order valence-electron chi connectivity index (χ2n) is 3.19. The predicted molar refractivity (Wildman–Crippen MR) is 54.1 cm³/mol. The molecule has 0 amide bonds. The van der Waals surface area contributed by atoms with Crippen LogP contribution in [0.3, 0.4) is 0 Å². The third kappa shape index (κ3) is 1.55. The molecule has 2 rings (SSSR count). The molecule has 4 nitrogen and oxygen atoms in total. The molecule has 0 fully saturated rings. The number of nitriles is 1. The quantitative estimate of drug-likeness (QED) is 0.451. The average molecular weight is 238 g/mol. The number of halogens is 3. The van der Waals surface area contributed by atoms with Gasteiger partial charge in [-0.3, -0.25) is 10.8 Å². The molecule has 0 bridgehead atoms. The lowest BCUT2D eigenvalue weighted by Gasteiger charge is -2.08. The first-order chi connectivity index (χ1) is 8.10. The van der Waals surface area contributed by atoms with Gasteiger partial charge in [-0.2, -0.15) is 5.26 Å². The Hall–Kier alpha value is -2.33. The van der Waals surface area contributed by atoms with Gasteiger partial charge in [-0.25, -0.2) is 13.2 Å². The Kier molecular flexibility index (Phi) is 2.57. The van der Waals surface area contributed by atoms with Crippen LogP contribution >= 0.6 is 0 Å². The van der Waals surface area contributed by atoms with Gasteiger partial charge in [0.25, 0.3) is 0 Å². The number of aromatic nitrogens is 1. The number of hydrazine groups is 1. The molecule has 0 saturated heterocycles. The second kappa shape index (κ2) is 3.92. The molecule has 0 unspecified atom stereocenters. The van der Waals surface area contributed by atoms with E-state index in [0.717, 1.165) is 12.3 Å². The lowest BCUT2D eigenvalue weighted by atomic mass is 10.1. The Morgan fingerprint density at radius 2 is 2.00 bits per heavy atom. The molecule has 0 spiro atoms. The Morgan fingerprint density at radius 3 is 2.59 bits per heavy atom. The predicted octanol–water partition coefficient (Wildman–Crippen LogP) is 1.81. The molecule has 1 heterocycles. The smallest absolute Gasteiger partial charge is 0.196 e. The summed E-state index contributed by atoms with van der Waals surface area (Å²) in [5.41, 5.74) is 1.75. The van der Waals surface area contributed by atoms with Gasteiger partial charge >= 0.3 is 0 Å². The zero-order valence-electron chi connectivity index (χ0n) is 8.26. The maximum atomic E-state index is 13.4. The van der Waals surface area contributed by atoms with Crippen LogP contribution in [0, 0.1) is 28.8 Å². The molecule has 1 aromatic carbocycles. The van der Waals surface area contributed by atoms with Crippen molar-refractivity contribution < 1.29 is 13.2 Å². The van der Waals surface area contributed by atoms with Crippen molar-refractivity contribution in [3.05, 3.63) is 35.3 Å². The number of nitrogens with zero attached hydrogens (tertiary/aromatic N) is 2. The van der Waals surface area contributed by atoms with Crippen molar-refractivity contribution in [1.82, 2.24) is 4.98 Å². The number of fused-ring (bicyclic) bond motifs is 1. The number of nitrogen functional groups attached to an aromatic ring is 1. The standard InChI is InChI=1S/C10H5F3N4/c11-6-1-5-9(17-15)4(2-14)3-16-10(5)8(13)7(6)12/h1,3H,15H2,(H,16,17). The van der Waals surface area contributed by atoms with Gasteiger partial charge in [0.15, 0.2) is 17.5 Å². The Balaban J connectivity index is 2.97. The summed E-state index contributed by atoms with van der Waals surface area (Å²) in [4.78, 5) is 3.56. The number of rotatable bonds is 1. The van der Waals surface area contributed by atoms with E-state index in [9.17, 15) is 13.2 Å². The van der Waals surface area contributed by atoms with Crippen LogP contribution < -0.4 is 11.3 Å². The highest BCUT2D eigenvalue weighted by molar-refractivity contribution is 5.94. The summed E-state index contributed by atoms with van der Waals surface area (Å²) in [7, 11) is 0. The second-order valence-corrected chi connectivity index (χ2v) is 3.19. The number of benzene rings is 1. The summed E-state index contributed by atoms with van der Waals surface area (Å²) >= 11 is 0. The van der Waals surface area contributed by atoms with Crippen molar-refractivity contribution in [2.24, 2.45) is 5.84 Å². The molecule has 0 radical (unpaired) electrons. The molecular weight excluding hydrogens is 233 g/mol. The van der Waals surface area contributed by atoms with Crippen LogP contribution in [-0.4, -0.2) is 4.98 Å². The molecular formula is C10H5F3N4. The minimum Gasteiger partial charge on any atom is -0.322 e. The van der Waals surface area contributed by atoms with Gasteiger partial charge < -0.3 is 5.43 Å². The zero-order chi connectivity index (χ0) is 12.6. The fraction of sp³-hybridized carbons (Fsp3) is 0. The maximum absolute atomic E-state index is 13.4. The van der Waals surface area contributed by atoms with E-state index in [0.29, 0.717) is 0 Å². The van der Waals surface area contributed by atoms with E-state index in [2.05, 4.69) is 10.4 Å². The van der Waals surface area contributed by atoms with Crippen molar-refractivity contribution in [1.29, 1.82) is 5.26 Å². The van der Waals surface area contributed by atoms with Crippen LogP contribution in [-0.2, 0) is 0 Å². The lowest BCUT2D eigenvalue weighted by molar-refractivity contribution is 0.452. The van der Waals surface area contributed by atoms with Crippen molar-refractivity contribution in [3.8, 4) is 6.07 Å². The number of anilines is 1. The van der Waals surface area contributed by atoms with E-state index in [4.69, 9.17) is 11.1 Å². The summed E-state index contributed by atoms with van der Waals surface area (Å²) in [6.07, 6.45) is 1.03. The molecule has 1 aromatic heterocycles. The van der Waals surface area contributed by atoms with Crippen LogP contribution in [0.4, 0.5) is 18.9 Å². The number of nitrogens with one attached hydrogen (secondary N) is 1. The zero-order valence-corrected chi connectivity index (χ0v) is 8.26. The summed E-state index contributed by atoms with van der Waals surface area (Å²) < 4.78 is 39.4. The maximum Gasteiger partial charge on any atom is 0.196 e. The molecule has 2 aromatic rings. The SMILES string of the molecule is N#Cc1cnc2c(F)c(F)c(F)cc2c1NN. The van der Waals surface area contributed by atoms with Gasteiger partial charge in [0.05, 0.1) is 11.3 Å². The van der Waals surface area contributed by atoms with Crippen molar-refractivity contribution in [2.75, 3.05) is 5.43 Å². The minimum atomic E-state index is -1.61. The number of hydrogen-bond donors (Lipinski definition) is 2. The Labute approximate surface area is 93.4 Å². The normalized spacial score (nSPS) is 10.3. The largest absolute Gasteiger partial charge is 0.322 e. The minimum absolute atomic E-state index is 0.00435. The van der Waals surface area contributed by atoms with Crippen LogP contribution in [0.1, 0.15) is 5.56 Å². The first-order valence-corrected chi connectivity index (χ1v) is 4.43. The molecule has 17 heavy (non-hydrogen) atoms.